The summed E-state index contributed by atoms with van der Waals surface area (Å²) in [5.41, 5.74) is 0.0839. The molecule has 0 radical (unpaired) electrons. The van der Waals surface area contributed by atoms with Crippen molar-refractivity contribution in [2.75, 3.05) is 7.11 Å². The van der Waals surface area contributed by atoms with Gasteiger partial charge in [-0.25, -0.2) is 4.79 Å². The first-order valence-electron chi connectivity index (χ1n) is 4.10. The van der Waals surface area contributed by atoms with Crippen LogP contribution in [0.3, 0.4) is 0 Å². The highest BCUT2D eigenvalue weighted by molar-refractivity contribution is 7.12. The van der Waals surface area contributed by atoms with Gasteiger partial charge in [0.2, 0.25) is 0 Å². The van der Waals surface area contributed by atoms with Crippen LogP contribution in [0.15, 0.2) is 11.4 Å². The Bertz CT molecular complexity index is 387. The molecule has 0 saturated heterocycles. The Kier molecular flexibility index (Phi) is 2.92. The molecule has 0 atom stereocenters. The Morgan fingerprint density at radius 1 is 1.64 bits per heavy atom. The summed E-state index contributed by atoms with van der Waals surface area (Å²) in [4.78, 5) is 11.8. The predicted octanol–water partition coefficient (Wildman–Crippen LogP) is 2.34. The van der Waals surface area contributed by atoms with E-state index in [0.29, 0.717) is 4.88 Å². The molecule has 1 aromatic heterocycles. The van der Waals surface area contributed by atoms with E-state index in [0.717, 1.165) is 5.56 Å². The monoisotopic (exact) mass is 209 g/mol. The summed E-state index contributed by atoms with van der Waals surface area (Å²) in [5, 5.41) is 10.7. The Morgan fingerprint density at radius 2 is 2.29 bits per heavy atom. The smallest absolute Gasteiger partial charge is 0.348 e. The third-order valence-corrected chi connectivity index (χ3v) is 2.88. The number of thiophene rings is 1. The van der Waals surface area contributed by atoms with Crippen molar-refractivity contribution in [2.24, 2.45) is 0 Å². The number of hydrogen-bond donors (Lipinski definition) is 0. The quantitative estimate of drug-likeness (QED) is 0.702. The Balaban J connectivity index is 3.19. The molecule has 74 valence electrons. The van der Waals surface area contributed by atoms with Crippen LogP contribution in [0.1, 0.15) is 29.1 Å². The first kappa shape index (κ1) is 10.7. The van der Waals surface area contributed by atoms with Gasteiger partial charge in [0.25, 0.3) is 0 Å². The number of esters is 1. The molecular formula is C10H11NO2S. The molecule has 0 N–H and O–H groups in total. The molecule has 0 aliphatic rings. The molecule has 0 aromatic carbocycles. The topological polar surface area (TPSA) is 50.1 Å². The summed E-state index contributed by atoms with van der Waals surface area (Å²) >= 11 is 1.30. The van der Waals surface area contributed by atoms with Crippen LogP contribution in [-0.2, 0) is 10.2 Å². The second-order valence-corrected chi connectivity index (χ2v) is 4.31. The van der Waals surface area contributed by atoms with Crippen molar-refractivity contribution in [2.45, 2.75) is 19.3 Å². The molecule has 0 bridgehead atoms. The van der Waals surface area contributed by atoms with Gasteiger partial charge in [-0.05, 0) is 30.9 Å². The van der Waals surface area contributed by atoms with Gasteiger partial charge in [0.1, 0.15) is 4.88 Å². The molecule has 0 aliphatic carbocycles. The maximum Gasteiger partial charge on any atom is 0.348 e. The van der Waals surface area contributed by atoms with Gasteiger partial charge in [0.05, 0.1) is 18.6 Å². The predicted molar refractivity (Wildman–Crippen MR) is 54.3 cm³/mol. The summed E-state index contributed by atoms with van der Waals surface area (Å²) < 4.78 is 4.64. The van der Waals surface area contributed by atoms with Crippen molar-refractivity contribution < 1.29 is 9.53 Å². The summed E-state index contributed by atoms with van der Waals surface area (Å²) in [6.45, 7) is 3.56. The molecule has 1 rings (SSSR count). The lowest BCUT2D eigenvalue weighted by Gasteiger charge is -2.14. The SMILES string of the molecule is COC(=O)c1sccc1C(C)(C)C#N. The third-order valence-electron chi connectivity index (χ3n) is 1.99. The van der Waals surface area contributed by atoms with Crippen molar-refractivity contribution >= 4 is 17.3 Å². The lowest BCUT2D eigenvalue weighted by molar-refractivity contribution is 0.0604. The number of carbonyl (C=O) groups excluding carboxylic acids is 1. The number of methoxy groups -OCH3 is 1. The van der Waals surface area contributed by atoms with Crippen LogP contribution in [0.2, 0.25) is 0 Å². The van der Waals surface area contributed by atoms with Gasteiger partial charge in [-0.2, -0.15) is 5.26 Å². The molecule has 3 nitrogen and oxygen atoms in total. The van der Waals surface area contributed by atoms with Crippen molar-refractivity contribution in [1.82, 2.24) is 0 Å². The molecular weight excluding hydrogens is 198 g/mol. The third kappa shape index (κ3) is 1.78. The van der Waals surface area contributed by atoms with E-state index in [9.17, 15) is 4.79 Å². The first-order valence-corrected chi connectivity index (χ1v) is 4.98. The molecule has 1 heterocycles. The minimum Gasteiger partial charge on any atom is -0.465 e. The van der Waals surface area contributed by atoms with E-state index in [1.54, 1.807) is 25.3 Å². The van der Waals surface area contributed by atoms with Crippen molar-refractivity contribution in [3.63, 3.8) is 0 Å². The van der Waals surface area contributed by atoms with Crippen molar-refractivity contribution in [3.8, 4) is 6.07 Å². The fourth-order valence-electron chi connectivity index (χ4n) is 1.11. The number of nitrogens with zero attached hydrogens (tertiary/aromatic N) is 1. The molecule has 1 aromatic rings. The molecule has 14 heavy (non-hydrogen) atoms. The molecule has 0 spiro atoms. The molecule has 0 aliphatic heterocycles. The van der Waals surface area contributed by atoms with E-state index >= 15 is 0 Å². The fourth-order valence-corrected chi connectivity index (χ4v) is 2.08. The van der Waals surface area contributed by atoms with E-state index in [1.165, 1.54) is 18.4 Å². The standard InChI is InChI=1S/C10H11NO2S/c1-10(2,6-11)7-4-5-14-8(7)9(12)13-3/h4-5H,1-3H3. The van der Waals surface area contributed by atoms with E-state index < -0.39 is 5.41 Å². The van der Waals surface area contributed by atoms with Gasteiger partial charge in [0, 0.05) is 0 Å². The zero-order valence-electron chi connectivity index (χ0n) is 8.33. The second-order valence-electron chi connectivity index (χ2n) is 3.39. The van der Waals surface area contributed by atoms with Crippen LogP contribution in [0.25, 0.3) is 0 Å². The number of nitriles is 1. The minimum atomic E-state index is -0.649. The average Bonchev–Trinajstić information content (AvgIpc) is 2.65. The highest BCUT2D eigenvalue weighted by Gasteiger charge is 2.27. The van der Waals surface area contributed by atoms with Crippen LogP contribution in [-0.4, -0.2) is 13.1 Å². The average molecular weight is 209 g/mol. The zero-order valence-corrected chi connectivity index (χ0v) is 9.14. The van der Waals surface area contributed by atoms with Crippen LogP contribution in [0.4, 0.5) is 0 Å². The molecule has 0 amide bonds. The van der Waals surface area contributed by atoms with E-state index in [4.69, 9.17) is 5.26 Å². The minimum absolute atomic E-state index is 0.377. The summed E-state index contributed by atoms with van der Waals surface area (Å²) in [7, 11) is 1.34. The van der Waals surface area contributed by atoms with E-state index in [-0.39, 0.29) is 5.97 Å². The summed E-state index contributed by atoms with van der Waals surface area (Å²) in [6.07, 6.45) is 0. The van der Waals surface area contributed by atoms with Crippen LogP contribution in [0, 0.1) is 11.3 Å². The summed E-state index contributed by atoms with van der Waals surface area (Å²) in [6, 6.07) is 3.95. The van der Waals surface area contributed by atoms with Gasteiger partial charge in [-0.3, -0.25) is 0 Å². The van der Waals surface area contributed by atoms with Gasteiger partial charge in [-0.1, -0.05) is 0 Å². The van der Waals surface area contributed by atoms with Gasteiger partial charge in [-0.15, -0.1) is 11.3 Å². The van der Waals surface area contributed by atoms with Gasteiger partial charge < -0.3 is 4.74 Å². The second kappa shape index (κ2) is 3.81. The van der Waals surface area contributed by atoms with Crippen LogP contribution < -0.4 is 0 Å². The van der Waals surface area contributed by atoms with E-state index in [1.807, 2.05) is 0 Å². The van der Waals surface area contributed by atoms with Crippen LogP contribution >= 0.6 is 11.3 Å². The highest BCUT2D eigenvalue weighted by Crippen LogP contribution is 2.29. The number of rotatable bonds is 2. The molecule has 0 fully saturated rings. The van der Waals surface area contributed by atoms with Crippen molar-refractivity contribution in [3.05, 3.63) is 21.9 Å². The molecule has 4 heteroatoms. The maximum atomic E-state index is 11.3. The lowest BCUT2D eigenvalue weighted by Crippen LogP contribution is -2.17. The fraction of sp³-hybridized carbons (Fsp3) is 0.400. The van der Waals surface area contributed by atoms with Crippen molar-refractivity contribution in [1.29, 1.82) is 5.26 Å². The normalized spacial score (nSPS) is 10.7. The number of ether oxygens (including phenoxy) is 1. The zero-order chi connectivity index (χ0) is 10.8. The first-order chi connectivity index (χ1) is 6.53. The number of hydrogen-bond acceptors (Lipinski definition) is 4. The van der Waals surface area contributed by atoms with Gasteiger partial charge >= 0.3 is 5.97 Å². The van der Waals surface area contributed by atoms with Gasteiger partial charge in [0.15, 0.2) is 0 Å². The Morgan fingerprint density at radius 3 is 2.79 bits per heavy atom. The largest absolute Gasteiger partial charge is 0.465 e. The Labute approximate surface area is 86.9 Å². The van der Waals surface area contributed by atoms with Crippen LogP contribution in [0.5, 0.6) is 0 Å². The molecule has 0 saturated carbocycles. The molecule has 0 unspecified atom stereocenters. The lowest BCUT2D eigenvalue weighted by atomic mass is 9.87. The number of carbonyl (C=O) groups is 1. The maximum absolute atomic E-state index is 11.3. The van der Waals surface area contributed by atoms with E-state index in [2.05, 4.69) is 10.8 Å². The summed E-state index contributed by atoms with van der Waals surface area (Å²) in [5.74, 6) is -0.377. The Hall–Kier alpha value is -1.34. The highest BCUT2D eigenvalue weighted by atomic mass is 32.1.